The Labute approximate surface area is 358 Å². The summed E-state index contributed by atoms with van der Waals surface area (Å²) in [7, 11) is 0. The minimum Gasteiger partial charge on any atom is -0.456 e. The second-order valence-electron chi connectivity index (χ2n) is 16.3. The van der Waals surface area contributed by atoms with E-state index in [1.54, 1.807) is 0 Å². The Morgan fingerprint density at radius 2 is 1.00 bits per heavy atom. The number of hydrogen-bond acceptors (Lipinski definition) is 4. The number of benzene rings is 7. The molecule has 4 heteroatoms. The molecule has 0 aliphatic heterocycles. The van der Waals surface area contributed by atoms with E-state index in [0.717, 1.165) is 72.3 Å². The summed E-state index contributed by atoms with van der Waals surface area (Å²) >= 11 is 0. The normalized spacial score (nSPS) is 16.9. The Balaban J connectivity index is 1.13. The lowest BCUT2D eigenvalue weighted by Crippen LogP contribution is -2.29. The van der Waals surface area contributed by atoms with E-state index in [0.29, 0.717) is 0 Å². The van der Waals surface area contributed by atoms with E-state index >= 15 is 0 Å². The van der Waals surface area contributed by atoms with Crippen LogP contribution in [0.3, 0.4) is 0 Å². The molecule has 4 aliphatic carbocycles. The molecule has 62 heavy (non-hydrogen) atoms. The van der Waals surface area contributed by atoms with Crippen molar-refractivity contribution in [3.05, 3.63) is 239 Å². The topological polar surface area (TPSA) is 51.8 Å². The second kappa shape index (κ2) is 13.4. The Morgan fingerprint density at radius 1 is 0.403 bits per heavy atom. The van der Waals surface area contributed by atoms with Crippen molar-refractivity contribution in [2.24, 2.45) is 5.41 Å². The standard InChI is InChI=1S/C58H35N3O/c1-3-16-36(17-4-1)53-56(37-18-5-2-6-19-37)59-61-60-57(53)45-25-12-11-24-44(45)54-46(30-32-52-55(54)47-26-13-14-28-51(47)62-52)48-31-29-43-41-23-10-8-21-39(41)35-50(43)58(48)33-15-27-42-40-22-9-7-20-38(40)34-49(42)58/h1-35H. The first-order valence-corrected chi connectivity index (χ1v) is 21.1. The summed E-state index contributed by atoms with van der Waals surface area (Å²) in [6.07, 6.45) is 16.6. The summed E-state index contributed by atoms with van der Waals surface area (Å²) in [4.78, 5) is 0. The average molecular weight is 790 g/mol. The first kappa shape index (κ1) is 34.6. The van der Waals surface area contributed by atoms with Crippen molar-refractivity contribution in [3.8, 4) is 44.8 Å². The van der Waals surface area contributed by atoms with Crippen molar-refractivity contribution in [1.82, 2.24) is 15.4 Å². The fourth-order valence-electron chi connectivity index (χ4n) is 10.5. The summed E-state index contributed by atoms with van der Waals surface area (Å²) in [6.45, 7) is 0. The van der Waals surface area contributed by atoms with Crippen LogP contribution in [0.2, 0.25) is 0 Å². The molecule has 0 saturated carbocycles. The molecule has 9 aromatic rings. The van der Waals surface area contributed by atoms with Crippen LogP contribution in [0.15, 0.2) is 216 Å². The number of nitrogens with zero attached hydrogens (tertiary/aromatic N) is 3. The Morgan fingerprint density at radius 3 is 1.74 bits per heavy atom. The predicted octanol–water partition coefficient (Wildman–Crippen LogP) is 14.4. The van der Waals surface area contributed by atoms with E-state index in [-0.39, 0.29) is 0 Å². The van der Waals surface area contributed by atoms with Crippen molar-refractivity contribution in [2.75, 3.05) is 0 Å². The maximum absolute atomic E-state index is 6.72. The van der Waals surface area contributed by atoms with Gasteiger partial charge in [-0.3, -0.25) is 0 Å². The lowest BCUT2D eigenvalue weighted by molar-refractivity contribution is 0.669. The Kier molecular flexibility index (Phi) is 7.49. The van der Waals surface area contributed by atoms with E-state index in [1.807, 2.05) is 30.3 Å². The monoisotopic (exact) mass is 789 g/mol. The van der Waals surface area contributed by atoms with Crippen molar-refractivity contribution < 1.29 is 4.42 Å². The molecule has 13 rings (SSSR count). The van der Waals surface area contributed by atoms with Gasteiger partial charge in [-0.2, -0.15) is 0 Å². The highest BCUT2D eigenvalue weighted by Crippen LogP contribution is 2.65. The highest BCUT2D eigenvalue weighted by molar-refractivity contribution is 6.19. The third-order valence-corrected chi connectivity index (χ3v) is 13.1. The maximum Gasteiger partial charge on any atom is 0.136 e. The molecule has 4 aliphatic rings. The molecule has 0 N–H and O–H groups in total. The van der Waals surface area contributed by atoms with Crippen molar-refractivity contribution in [3.63, 3.8) is 0 Å². The lowest BCUT2D eigenvalue weighted by atomic mass is 9.59. The van der Waals surface area contributed by atoms with Crippen LogP contribution in [0, 0.1) is 5.41 Å². The van der Waals surface area contributed by atoms with Gasteiger partial charge in [0.05, 0.1) is 5.41 Å². The number of allylic oxidation sites excluding steroid dienone is 10. The number of fused-ring (bicyclic) bond motifs is 11. The van der Waals surface area contributed by atoms with E-state index in [4.69, 9.17) is 14.6 Å². The summed E-state index contributed by atoms with van der Waals surface area (Å²) in [5.41, 5.74) is 21.0. The molecule has 0 saturated heterocycles. The molecular formula is C58H35N3O. The van der Waals surface area contributed by atoms with Gasteiger partial charge >= 0.3 is 0 Å². The van der Waals surface area contributed by atoms with Gasteiger partial charge in [-0.05, 0) is 96.3 Å². The SMILES string of the molecule is C1=CC2(C3=Cc4ccccc4C3=C1)C1=Cc3ccccc3C1=CC=C2c1ccc2oc3ccccc3c2c1-c1ccccc1-c1nnnc(-c2ccccc2)c1-c1ccccc1. The van der Waals surface area contributed by atoms with Gasteiger partial charge in [-0.1, -0.05) is 188 Å². The number of para-hydroxylation sites is 1. The summed E-state index contributed by atoms with van der Waals surface area (Å²) in [5.74, 6) is 0. The van der Waals surface area contributed by atoms with Gasteiger partial charge in [-0.25, -0.2) is 0 Å². The van der Waals surface area contributed by atoms with Crippen LogP contribution in [0.1, 0.15) is 27.8 Å². The lowest BCUT2D eigenvalue weighted by Gasteiger charge is -2.42. The van der Waals surface area contributed by atoms with E-state index in [2.05, 4.69) is 187 Å². The van der Waals surface area contributed by atoms with E-state index < -0.39 is 5.41 Å². The molecule has 2 heterocycles. The van der Waals surface area contributed by atoms with Crippen LogP contribution in [0.25, 0.3) is 95.6 Å². The largest absolute Gasteiger partial charge is 0.456 e. The Hall–Kier alpha value is -8.21. The van der Waals surface area contributed by atoms with Gasteiger partial charge < -0.3 is 4.42 Å². The molecule has 0 radical (unpaired) electrons. The molecule has 1 unspecified atom stereocenters. The number of hydrogen-bond donors (Lipinski definition) is 0. The zero-order valence-electron chi connectivity index (χ0n) is 33.5. The van der Waals surface area contributed by atoms with Gasteiger partial charge in [0, 0.05) is 33.0 Å². The number of furan rings is 1. The first-order valence-electron chi connectivity index (χ1n) is 21.1. The third-order valence-electron chi connectivity index (χ3n) is 13.1. The molecular weight excluding hydrogens is 755 g/mol. The summed E-state index contributed by atoms with van der Waals surface area (Å²) < 4.78 is 6.72. The van der Waals surface area contributed by atoms with Gasteiger partial charge in [-0.15, -0.1) is 10.2 Å². The van der Waals surface area contributed by atoms with Crippen LogP contribution >= 0.6 is 0 Å². The Bertz CT molecular complexity index is 3540. The maximum atomic E-state index is 6.72. The number of aromatic nitrogens is 3. The molecule has 4 nitrogen and oxygen atoms in total. The molecule has 2 aromatic heterocycles. The second-order valence-corrected chi connectivity index (χ2v) is 16.3. The third kappa shape index (κ3) is 4.92. The summed E-state index contributed by atoms with van der Waals surface area (Å²) in [5, 5.41) is 16.3. The van der Waals surface area contributed by atoms with Crippen LogP contribution in [-0.4, -0.2) is 15.4 Å². The van der Waals surface area contributed by atoms with Crippen molar-refractivity contribution in [2.45, 2.75) is 0 Å². The zero-order chi connectivity index (χ0) is 40.8. The predicted molar refractivity (Wildman–Crippen MR) is 253 cm³/mol. The van der Waals surface area contributed by atoms with Crippen LogP contribution in [0.4, 0.5) is 0 Å². The molecule has 1 spiro atoms. The highest BCUT2D eigenvalue weighted by Gasteiger charge is 2.49. The fraction of sp³-hybridized carbons (Fsp3) is 0.0172. The molecule has 288 valence electrons. The molecule has 0 bridgehead atoms. The quantitative estimate of drug-likeness (QED) is 0.174. The smallest absolute Gasteiger partial charge is 0.136 e. The zero-order valence-corrected chi connectivity index (χ0v) is 33.5. The van der Waals surface area contributed by atoms with Crippen LogP contribution in [0.5, 0.6) is 0 Å². The average Bonchev–Trinajstić information content (AvgIpc) is 4.04. The van der Waals surface area contributed by atoms with Crippen molar-refractivity contribution >= 4 is 50.8 Å². The number of rotatable bonds is 5. The van der Waals surface area contributed by atoms with Gasteiger partial charge in [0.15, 0.2) is 0 Å². The van der Waals surface area contributed by atoms with Gasteiger partial charge in [0.1, 0.15) is 22.6 Å². The minimum absolute atomic E-state index is 0.616. The minimum atomic E-state index is -0.616. The molecule has 0 amide bonds. The van der Waals surface area contributed by atoms with Gasteiger partial charge in [0.2, 0.25) is 0 Å². The van der Waals surface area contributed by atoms with Gasteiger partial charge in [0.25, 0.3) is 0 Å². The molecule has 7 aromatic carbocycles. The summed E-state index contributed by atoms with van der Waals surface area (Å²) in [6, 6.07) is 59.8. The van der Waals surface area contributed by atoms with E-state index in [1.165, 1.54) is 50.1 Å². The first-order chi connectivity index (χ1) is 30.8. The van der Waals surface area contributed by atoms with Crippen LogP contribution < -0.4 is 0 Å². The van der Waals surface area contributed by atoms with Crippen LogP contribution in [-0.2, 0) is 0 Å². The van der Waals surface area contributed by atoms with E-state index in [9.17, 15) is 0 Å². The molecule has 1 atom stereocenters. The van der Waals surface area contributed by atoms with Crippen molar-refractivity contribution in [1.29, 1.82) is 0 Å². The highest BCUT2D eigenvalue weighted by atomic mass is 16.3. The fourth-order valence-corrected chi connectivity index (χ4v) is 10.5. The molecule has 0 fully saturated rings.